The average Bonchev–Trinajstić information content (AvgIpc) is 3.67. The second-order valence-electron chi connectivity index (χ2n) is 13.2. The van der Waals surface area contributed by atoms with E-state index in [4.69, 9.17) is 9.97 Å². The third-order valence-corrected chi connectivity index (χ3v) is 10.4. The Kier molecular flexibility index (Phi) is 6.23. The van der Waals surface area contributed by atoms with Crippen LogP contribution in [0.2, 0.25) is 0 Å². The molecule has 48 heavy (non-hydrogen) atoms. The molecule has 0 bridgehead atoms. The summed E-state index contributed by atoms with van der Waals surface area (Å²) >= 11 is 0. The third-order valence-electron chi connectivity index (χ3n) is 10.4. The van der Waals surface area contributed by atoms with Gasteiger partial charge in [0.15, 0.2) is 0 Å². The maximum Gasteiger partial charge on any atom is 0.138 e. The van der Waals surface area contributed by atoms with Crippen molar-refractivity contribution in [1.82, 2.24) is 14.5 Å². The van der Waals surface area contributed by atoms with Gasteiger partial charge in [-0.3, -0.25) is 0 Å². The van der Waals surface area contributed by atoms with E-state index in [0.717, 1.165) is 42.2 Å². The molecule has 3 unspecified atom stereocenters. The van der Waals surface area contributed by atoms with Crippen molar-refractivity contribution in [1.29, 1.82) is 0 Å². The lowest BCUT2D eigenvalue weighted by atomic mass is 9.91. The van der Waals surface area contributed by atoms with Crippen molar-refractivity contribution in [3.63, 3.8) is 0 Å². The number of benzene rings is 4. The molecule has 230 valence electrons. The van der Waals surface area contributed by atoms with Crippen LogP contribution in [-0.4, -0.2) is 20.6 Å². The number of allylic oxidation sites excluding steroid dienone is 10. The first kappa shape index (κ1) is 27.4. The van der Waals surface area contributed by atoms with Crippen molar-refractivity contribution in [2.45, 2.75) is 37.1 Å². The third kappa shape index (κ3) is 4.22. The number of hydrogen-bond donors (Lipinski definition) is 0. The predicted octanol–water partition coefficient (Wildman–Crippen LogP) is 10.9. The molecule has 0 N–H and O–H groups in total. The fourth-order valence-electron chi connectivity index (χ4n) is 8.17. The maximum absolute atomic E-state index is 5.36. The monoisotopic (exact) mass is 618 g/mol. The standard InChI is InChI=1S/C44H34N4/c1-4-15-30(16-5-1)38-28-42(46-44(45-38)31-17-6-2-7-18-31)48-39-23-13-12-22-34(39)36-26-40-37(27-41(36)48)35-25-24-29-14-10-11-21-33(29)43(35)47(40)32-19-8-3-9-20-32/h1-2,4-8,10-17,19-28,31,34,39H,3,9,18H2. The Morgan fingerprint density at radius 3 is 2.44 bits per heavy atom. The van der Waals surface area contributed by atoms with Crippen LogP contribution in [0.4, 0.5) is 11.5 Å². The van der Waals surface area contributed by atoms with E-state index in [0.29, 0.717) is 0 Å². The van der Waals surface area contributed by atoms with Crippen LogP contribution in [0.25, 0.3) is 49.5 Å². The van der Waals surface area contributed by atoms with E-state index >= 15 is 0 Å². The Balaban J connectivity index is 1.24. The zero-order valence-electron chi connectivity index (χ0n) is 26.6. The molecule has 3 heterocycles. The van der Waals surface area contributed by atoms with Crippen molar-refractivity contribution < 1.29 is 0 Å². The van der Waals surface area contributed by atoms with Gasteiger partial charge in [-0.25, -0.2) is 9.97 Å². The van der Waals surface area contributed by atoms with Crippen molar-refractivity contribution >= 4 is 49.8 Å². The number of rotatable bonds is 4. The zero-order chi connectivity index (χ0) is 31.6. The molecule has 4 aromatic carbocycles. The molecule has 0 amide bonds. The minimum Gasteiger partial charge on any atom is -0.318 e. The summed E-state index contributed by atoms with van der Waals surface area (Å²) in [5, 5.41) is 5.09. The molecule has 0 saturated heterocycles. The molecule has 3 aliphatic carbocycles. The Labute approximate surface area is 280 Å². The number of aromatic nitrogens is 3. The first-order valence-electron chi connectivity index (χ1n) is 17.1. The van der Waals surface area contributed by atoms with E-state index in [-0.39, 0.29) is 17.9 Å². The minimum atomic E-state index is 0.124. The lowest BCUT2D eigenvalue weighted by Gasteiger charge is -2.28. The molecule has 4 nitrogen and oxygen atoms in total. The van der Waals surface area contributed by atoms with Crippen molar-refractivity contribution in [3.8, 4) is 11.3 Å². The molecule has 0 fully saturated rings. The Morgan fingerprint density at radius 1 is 0.688 bits per heavy atom. The summed E-state index contributed by atoms with van der Waals surface area (Å²) in [5.74, 6) is 2.17. The number of fused-ring (bicyclic) bond motifs is 8. The summed E-state index contributed by atoms with van der Waals surface area (Å²) in [5.41, 5.74) is 8.41. The highest BCUT2D eigenvalue weighted by Gasteiger charge is 2.39. The highest BCUT2D eigenvalue weighted by Crippen LogP contribution is 2.51. The topological polar surface area (TPSA) is 34.0 Å². The van der Waals surface area contributed by atoms with Gasteiger partial charge < -0.3 is 9.47 Å². The van der Waals surface area contributed by atoms with E-state index in [9.17, 15) is 0 Å². The largest absolute Gasteiger partial charge is 0.318 e. The van der Waals surface area contributed by atoms with Gasteiger partial charge in [-0.15, -0.1) is 0 Å². The normalized spacial score (nSPS) is 21.0. The minimum absolute atomic E-state index is 0.124. The predicted molar refractivity (Wildman–Crippen MR) is 200 cm³/mol. The molecular formula is C44H34N4. The fraction of sp³-hybridized carbons (Fsp3) is 0.136. The van der Waals surface area contributed by atoms with Gasteiger partial charge in [0.25, 0.3) is 0 Å². The Morgan fingerprint density at radius 2 is 1.56 bits per heavy atom. The van der Waals surface area contributed by atoms with Crippen molar-refractivity contribution in [2.24, 2.45) is 0 Å². The van der Waals surface area contributed by atoms with E-state index in [1.54, 1.807) is 0 Å². The average molecular weight is 619 g/mol. The SMILES string of the molecule is C1=CCC(c2nc(-c3ccccc3)cc(N3c4cc5c6ccc7ccccc7c6n(C6=CCCC=C6)c5cc4C4C=CC=CC43)n2)C=C1. The first-order chi connectivity index (χ1) is 23.8. The molecule has 6 aromatic rings. The summed E-state index contributed by atoms with van der Waals surface area (Å²) in [6, 6.07) is 31.1. The van der Waals surface area contributed by atoms with Gasteiger partial charge in [0.1, 0.15) is 11.6 Å². The lowest BCUT2D eigenvalue weighted by Crippen LogP contribution is -2.29. The van der Waals surface area contributed by atoms with Crippen LogP contribution in [0, 0.1) is 0 Å². The summed E-state index contributed by atoms with van der Waals surface area (Å²) in [4.78, 5) is 13.0. The van der Waals surface area contributed by atoms with Crippen LogP contribution in [0.15, 0.2) is 152 Å². The van der Waals surface area contributed by atoms with Crippen LogP contribution in [0.5, 0.6) is 0 Å². The molecule has 2 aromatic heterocycles. The Bertz CT molecular complexity index is 2450. The van der Waals surface area contributed by atoms with Crippen molar-refractivity contribution in [3.05, 3.63) is 163 Å². The number of nitrogens with zero attached hydrogens (tertiary/aromatic N) is 4. The van der Waals surface area contributed by atoms with Crippen LogP contribution in [0.1, 0.15) is 42.5 Å². The molecule has 0 spiro atoms. The van der Waals surface area contributed by atoms with E-state index < -0.39 is 0 Å². The fourth-order valence-corrected chi connectivity index (χ4v) is 8.17. The molecule has 0 saturated carbocycles. The molecule has 3 atom stereocenters. The summed E-state index contributed by atoms with van der Waals surface area (Å²) < 4.78 is 2.52. The van der Waals surface area contributed by atoms with Crippen molar-refractivity contribution in [2.75, 3.05) is 4.90 Å². The van der Waals surface area contributed by atoms with Gasteiger partial charge in [-0.1, -0.05) is 127 Å². The second-order valence-corrected chi connectivity index (χ2v) is 13.2. The van der Waals surface area contributed by atoms with E-state index in [2.05, 4.69) is 161 Å². The van der Waals surface area contributed by atoms with Gasteiger partial charge >= 0.3 is 0 Å². The highest BCUT2D eigenvalue weighted by molar-refractivity contribution is 6.20. The highest BCUT2D eigenvalue weighted by atomic mass is 15.3. The first-order valence-corrected chi connectivity index (χ1v) is 17.1. The maximum atomic E-state index is 5.36. The van der Waals surface area contributed by atoms with Gasteiger partial charge in [0.05, 0.1) is 22.8 Å². The molecular weight excluding hydrogens is 585 g/mol. The van der Waals surface area contributed by atoms with Gasteiger partial charge in [-0.05, 0) is 48.4 Å². The van der Waals surface area contributed by atoms with Crippen LogP contribution >= 0.6 is 0 Å². The van der Waals surface area contributed by atoms with Crippen LogP contribution < -0.4 is 4.90 Å². The lowest BCUT2D eigenvalue weighted by molar-refractivity contribution is 0.723. The second kappa shape index (κ2) is 10.9. The van der Waals surface area contributed by atoms with Gasteiger partial charge in [0, 0.05) is 51.0 Å². The molecule has 4 aliphatic rings. The van der Waals surface area contributed by atoms with Crippen LogP contribution in [0.3, 0.4) is 0 Å². The number of hydrogen-bond acceptors (Lipinski definition) is 3. The van der Waals surface area contributed by atoms with Gasteiger partial charge in [0.2, 0.25) is 0 Å². The molecule has 4 heteroatoms. The van der Waals surface area contributed by atoms with Gasteiger partial charge in [-0.2, -0.15) is 0 Å². The molecule has 1 aliphatic heterocycles. The van der Waals surface area contributed by atoms with Crippen LogP contribution in [-0.2, 0) is 0 Å². The molecule has 10 rings (SSSR count). The number of anilines is 2. The summed E-state index contributed by atoms with van der Waals surface area (Å²) in [7, 11) is 0. The smallest absolute Gasteiger partial charge is 0.138 e. The van der Waals surface area contributed by atoms with E-state index in [1.807, 2.05) is 0 Å². The summed E-state index contributed by atoms with van der Waals surface area (Å²) in [6.07, 6.45) is 27.8. The Hall–Kier alpha value is -5.74. The summed E-state index contributed by atoms with van der Waals surface area (Å²) in [6.45, 7) is 0. The quantitative estimate of drug-likeness (QED) is 0.197. The van der Waals surface area contributed by atoms with E-state index in [1.165, 1.54) is 49.5 Å². The molecule has 0 radical (unpaired) electrons. The zero-order valence-corrected chi connectivity index (χ0v) is 26.6.